The SMILES string of the molecule is CN1CC[C@H]2CN(CN3C[C@H]4CCN(C)[C@H]4C3)C[C@H]21. The Balaban J connectivity index is 1.32. The van der Waals surface area contributed by atoms with Crippen molar-refractivity contribution in [3.05, 3.63) is 0 Å². The second-order valence-corrected chi connectivity index (χ2v) is 7.41. The fourth-order valence-corrected chi connectivity index (χ4v) is 5.03. The van der Waals surface area contributed by atoms with Gasteiger partial charge in [-0.1, -0.05) is 0 Å². The van der Waals surface area contributed by atoms with Gasteiger partial charge in [0.2, 0.25) is 0 Å². The molecule has 0 amide bonds. The van der Waals surface area contributed by atoms with E-state index < -0.39 is 0 Å². The molecule has 4 saturated heterocycles. The molecule has 0 unspecified atom stereocenters. The summed E-state index contributed by atoms with van der Waals surface area (Å²) in [5, 5.41) is 0. The van der Waals surface area contributed by atoms with Crippen LogP contribution < -0.4 is 0 Å². The van der Waals surface area contributed by atoms with Crippen molar-refractivity contribution in [2.24, 2.45) is 11.8 Å². The molecule has 0 radical (unpaired) electrons. The molecule has 4 aliphatic heterocycles. The summed E-state index contributed by atoms with van der Waals surface area (Å²) in [5.74, 6) is 1.91. The van der Waals surface area contributed by atoms with E-state index in [1.165, 1.54) is 58.8 Å². The molecule has 4 fully saturated rings. The largest absolute Gasteiger partial charge is 0.302 e. The second kappa shape index (κ2) is 4.69. The molecule has 0 aromatic heterocycles. The number of hydrogen-bond acceptors (Lipinski definition) is 4. The smallest absolute Gasteiger partial charge is 0.0507 e. The molecule has 0 aromatic rings. The minimum atomic E-state index is 0.852. The zero-order chi connectivity index (χ0) is 13.0. The fraction of sp³-hybridized carbons (Fsp3) is 1.00. The van der Waals surface area contributed by atoms with Crippen LogP contribution in [0.5, 0.6) is 0 Å². The topological polar surface area (TPSA) is 13.0 Å². The molecule has 4 rings (SSSR count). The van der Waals surface area contributed by atoms with Crippen LogP contribution in [0, 0.1) is 11.8 Å². The van der Waals surface area contributed by atoms with Crippen molar-refractivity contribution in [2.45, 2.75) is 24.9 Å². The number of likely N-dealkylation sites (tertiary alicyclic amines) is 4. The minimum absolute atomic E-state index is 0.852. The van der Waals surface area contributed by atoms with Crippen molar-refractivity contribution in [1.82, 2.24) is 19.6 Å². The van der Waals surface area contributed by atoms with Gasteiger partial charge in [0.1, 0.15) is 0 Å². The molecular formula is C15H28N4. The third-order valence-corrected chi connectivity index (χ3v) is 6.20. The van der Waals surface area contributed by atoms with Crippen LogP contribution in [0.3, 0.4) is 0 Å². The van der Waals surface area contributed by atoms with Gasteiger partial charge in [0, 0.05) is 38.3 Å². The van der Waals surface area contributed by atoms with E-state index in [9.17, 15) is 0 Å². The van der Waals surface area contributed by atoms with Gasteiger partial charge in [0.15, 0.2) is 0 Å². The highest BCUT2D eigenvalue weighted by molar-refractivity contribution is 4.97. The van der Waals surface area contributed by atoms with Gasteiger partial charge < -0.3 is 9.80 Å². The molecule has 4 atom stereocenters. The Labute approximate surface area is 117 Å². The van der Waals surface area contributed by atoms with E-state index in [1.54, 1.807) is 0 Å². The Hall–Kier alpha value is -0.160. The quantitative estimate of drug-likeness (QED) is 0.707. The fourth-order valence-electron chi connectivity index (χ4n) is 5.03. The lowest BCUT2D eigenvalue weighted by Crippen LogP contribution is -2.40. The summed E-state index contributed by atoms with van der Waals surface area (Å²) < 4.78 is 0. The van der Waals surface area contributed by atoms with Crippen molar-refractivity contribution in [3.8, 4) is 0 Å². The summed E-state index contributed by atoms with van der Waals surface area (Å²) >= 11 is 0. The molecular weight excluding hydrogens is 236 g/mol. The van der Waals surface area contributed by atoms with Gasteiger partial charge >= 0.3 is 0 Å². The van der Waals surface area contributed by atoms with Crippen LogP contribution in [0.2, 0.25) is 0 Å². The number of rotatable bonds is 2. The average molecular weight is 264 g/mol. The van der Waals surface area contributed by atoms with Crippen LogP contribution in [-0.4, -0.2) is 91.7 Å². The van der Waals surface area contributed by atoms with Gasteiger partial charge in [-0.15, -0.1) is 0 Å². The average Bonchev–Trinajstić information content (AvgIpc) is 3.08. The van der Waals surface area contributed by atoms with Gasteiger partial charge in [-0.25, -0.2) is 0 Å². The maximum absolute atomic E-state index is 2.71. The molecule has 4 nitrogen and oxygen atoms in total. The van der Waals surface area contributed by atoms with Crippen LogP contribution >= 0.6 is 0 Å². The minimum Gasteiger partial charge on any atom is -0.302 e. The van der Waals surface area contributed by atoms with Gasteiger partial charge in [0.05, 0.1) is 6.67 Å². The van der Waals surface area contributed by atoms with E-state index in [0.717, 1.165) is 23.9 Å². The van der Waals surface area contributed by atoms with Crippen LogP contribution in [0.25, 0.3) is 0 Å². The first kappa shape index (κ1) is 12.6. The number of nitrogens with zero attached hydrogens (tertiary/aromatic N) is 4. The zero-order valence-electron chi connectivity index (χ0n) is 12.5. The highest BCUT2D eigenvalue weighted by atomic mass is 15.4. The van der Waals surface area contributed by atoms with E-state index in [0.29, 0.717) is 0 Å². The summed E-state index contributed by atoms with van der Waals surface area (Å²) in [6.07, 6.45) is 2.84. The van der Waals surface area contributed by atoms with E-state index in [1.807, 2.05) is 0 Å². The highest BCUT2D eigenvalue weighted by Crippen LogP contribution is 2.33. The van der Waals surface area contributed by atoms with E-state index in [2.05, 4.69) is 33.7 Å². The maximum Gasteiger partial charge on any atom is 0.0507 e. The van der Waals surface area contributed by atoms with E-state index in [-0.39, 0.29) is 0 Å². The predicted molar refractivity (Wildman–Crippen MR) is 77.1 cm³/mol. The Morgan fingerprint density at radius 3 is 1.63 bits per heavy atom. The van der Waals surface area contributed by atoms with Crippen molar-refractivity contribution < 1.29 is 0 Å². The first-order chi connectivity index (χ1) is 9.20. The van der Waals surface area contributed by atoms with Crippen molar-refractivity contribution >= 4 is 0 Å². The van der Waals surface area contributed by atoms with Crippen LogP contribution in [0.4, 0.5) is 0 Å². The van der Waals surface area contributed by atoms with Gasteiger partial charge in [-0.05, 0) is 51.9 Å². The molecule has 108 valence electrons. The van der Waals surface area contributed by atoms with E-state index in [4.69, 9.17) is 0 Å². The van der Waals surface area contributed by atoms with E-state index >= 15 is 0 Å². The van der Waals surface area contributed by atoms with Crippen molar-refractivity contribution in [1.29, 1.82) is 0 Å². The summed E-state index contributed by atoms with van der Waals surface area (Å²) in [7, 11) is 4.62. The standard InChI is InChI=1S/C15H28N4/c1-16-5-3-12-7-18(9-14(12)16)11-19-8-13-4-6-17(2)15(13)10-19/h12-15H,3-11H2,1-2H3/t12-,13+,14+,15-. The lowest BCUT2D eigenvalue weighted by Gasteiger charge is -2.27. The number of likely N-dealkylation sites (N-methyl/N-ethyl adjacent to an activating group) is 2. The second-order valence-electron chi connectivity index (χ2n) is 7.41. The van der Waals surface area contributed by atoms with Crippen molar-refractivity contribution in [3.63, 3.8) is 0 Å². The Bertz CT molecular complexity index is 315. The molecule has 0 saturated carbocycles. The first-order valence-electron chi connectivity index (χ1n) is 8.06. The third kappa shape index (κ3) is 2.13. The molecule has 0 aromatic carbocycles. The van der Waals surface area contributed by atoms with Crippen LogP contribution in [0.15, 0.2) is 0 Å². The lowest BCUT2D eigenvalue weighted by atomic mass is 10.1. The Morgan fingerprint density at radius 2 is 1.21 bits per heavy atom. The molecule has 0 spiro atoms. The summed E-state index contributed by atoms with van der Waals surface area (Å²) in [6, 6.07) is 1.70. The number of fused-ring (bicyclic) bond motifs is 2. The van der Waals surface area contributed by atoms with Crippen LogP contribution in [0.1, 0.15) is 12.8 Å². The normalized spacial score (nSPS) is 45.2. The Morgan fingerprint density at radius 1 is 0.737 bits per heavy atom. The zero-order valence-corrected chi connectivity index (χ0v) is 12.5. The monoisotopic (exact) mass is 264 g/mol. The van der Waals surface area contributed by atoms with Crippen LogP contribution in [-0.2, 0) is 0 Å². The molecule has 0 aliphatic carbocycles. The molecule has 4 heterocycles. The van der Waals surface area contributed by atoms with Gasteiger partial charge in [-0.2, -0.15) is 0 Å². The third-order valence-electron chi connectivity index (χ3n) is 6.20. The summed E-state index contributed by atoms with van der Waals surface area (Å²) in [6.45, 7) is 9.17. The van der Waals surface area contributed by atoms with Gasteiger partial charge in [0.25, 0.3) is 0 Å². The molecule has 4 heteroatoms. The van der Waals surface area contributed by atoms with Crippen molar-refractivity contribution in [2.75, 3.05) is 60.0 Å². The maximum atomic E-state index is 2.71. The Kier molecular flexibility index (Phi) is 3.10. The molecule has 19 heavy (non-hydrogen) atoms. The molecule has 0 bridgehead atoms. The molecule has 0 N–H and O–H groups in total. The lowest BCUT2D eigenvalue weighted by molar-refractivity contribution is 0.149. The number of hydrogen-bond donors (Lipinski definition) is 0. The molecule has 4 aliphatic rings. The summed E-state index contributed by atoms with van der Waals surface area (Å²) in [5.41, 5.74) is 0. The highest BCUT2D eigenvalue weighted by Gasteiger charge is 2.43. The predicted octanol–water partition coefficient (Wildman–Crippen LogP) is 0.216. The van der Waals surface area contributed by atoms with Gasteiger partial charge in [-0.3, -0.25) is 9.80 Å². The summed E-state index contributed by atoms with van der Waals surface area (Å²) in [4.78, 5) is 10.6. The first-order valence-corrected chi connectivity index (χ1v) is 8.06.